The van der Waals surface area contributed by atoms with Gasteiger partial charge in [-0.2, -0.15) is 0 Å². The van der Waals surface area contributed by atoms with Crippen LogP contribution >= 0.6 is 24.8 Å². The second kappa shape index (κ2) is 13.4. The average molecular weight is 395 g/mol. The fourth-order valence-corrected chi connectivity index (χ4v) is 1.88. The molecule has 8 nitrogen and oxygen atoms in total. The Morgan fingerprint density at radius 3 is 2.08 bits per heavy atom. The van der Waals surface area contributed by atoms with Gasteiger partial charge in [0.1, 0.15) is 28.9 Å². The Kier molecular flexibility index (Phi) is 13.0. The van der Waals surface area contributed by atoms with E-state index < -0.39 is 37.3 Å². The van der Waals surface area contributed by atoms with Crippen LogP contribution in [0.4, 0.5) is 0 Å². The van der Waals surface area contributed by atoms with Crippen LogP contribution in [0.5, 0.6) is 0 Å². The highest BCUT2D eigenvalue weighted by molar-refractivity contribution is 8.10. The molecule has 0 aliphatic rings. The smallest absolute Gasteiger partial charge is 0.133 e. The van der Waals surface area contributed by atoms with Crippen LogP contribution in [0.25, 0.3) is 0 Å². The van der Waals surface area contributed by atoms with Gasteiger partial charge in [0.2, 0.25) is 0 Å². The second-order valence-corrected chi connectivity index (χ2v) is 6.30. The van der Waals surface area contributed by atoms with Gasteiger partial charge in [-0.1, -0.05) is 42.5 Å². The SMILES string of the molecule is COC(NC[C@H](O)[C@@H](O)[C@H](O)[C@H](O)CO)c1ccccc1.NC(=S)S. The van der Waals surface area contributed by atoms with Crippen LogP contribution in [0.2, 0.25) is 0 Å². The molecule has 0 aliphatic carbocycles. The lowest BCUT2D eigenvalue weighted by Gasteiger charge is -2.27. The van der Waals surface area contributed by atoms with Crippen molar-refractivity contribution in [3.63, 3.8) is 0 Å². The first-order valence-electron chi connectivity index (χ1n) is 7.37. The molecule has 1 aromatic rings. The maximum absolute atomic E-state index is 9.80. The van der Waals surface area contributed by atoms with E-state index in [1.807, 2.05) is 30.3 Å². The zero-order valence-electron chi connectivity index (χ0n) is 13.8. The third-order valence-electron chi connectivity index (χ3n) is 3.18. The molecule has 0 aliphatic heterocycles. The molecule has 144 valence electrons. The summed E-state index contributed by atoms with van der Waals surface area (Å²) in [4.78, 5) is 0. The number of hydrogen-bond acceptors (Lipinski definition) is 8. The van der Waals surface area contributed by atoms with Crippen LogP contribution in [-0.4, -0.2) is 74.5 Å². The van der Waals surface area contributed by atoms with Crippen LogP contribution < -0.4 is 11.1 Å². The van der Waals surface area contributed by atoms with Crippen LogP contribution in [0.15, 0.2) is 30.3 Å². The van der Waals surface area contributed by atoms with Crippen molar-refractivity contribution in [2.24, 2.45) is 5.73 Å². The van der Waals surface area contributed by atoms with E-state index in [1.54, 1.807) is 0 Å². The first-order chi connectivity index (χ1) is 11.7. The summed E-state index contributed by atoms with van der Waals surface area (Å²) in [6.07, 6.45) is -6.55. The van der Waals surface area contributed by atoms with E-state index in [9.17, 15) is 20.4 Å². The lowest BCUT2D eigenvalue weighted by molar-refractivity contribution is -0.116. The number of thiol groups is 1. The molecule has 0 fully saturated rings. The molecule has 0 spiro atoms. The van der Waals surface area contributed by atoms with Crippen LogP contribution in [0, 0.1) is 0 Å². The van der Waals surface area contributed by atoms with Crippen LogP contribution in [0.3, 0.4) is 0 Å². The van der Waals surface area contributed by atoms with E-state index in [0.717, 1.165) is 5.56 Å². The van der Waals surface area contributed by atoms with Gasteiger partial charge in [-0.3, -0.25) is 5.32 Å². The molecule has 0 heterocycles. The normalized spacial score (nSPS) is 16.8. The number of methoxy groups -OCH3 is 1. The summed E-state index contributed by atoms with van der Waals surface area (Å²) >= 11 is 7.65. The largest absolute Gasteiger partial charge is 0.394 e. The molecule has 1 unspecified atom stereocenters. The van der Waals surface area contributed by atoms with E-state index in [1.165, 1.54) is 7.11 Å². The number of benzene rings is 1. The molecule has 0 saturated carbocycles. The van der Waals surface area contributed by atoms with Crippen LogP contribution in [-0.2, 0) is 4.74 Å². The molecular formula is C15H26N2O6S2. The highest BCUT2D eigenvalue weighted by Gasteiger charge is 2.30. The standard InChI is InChI=1S/C14H23NO6.CH3NS2/c1-21-14(9-5-3-2-4-6-9)15-7-10(17)12(19)13(20)11(18)8-16;2-1(3)4/h2-6,10-20H,7-8H2,1H3;(H3,2,3,4)/t10-,11+,12+,13+,14?;/m0./s1. The number of nitrogens with one attached hydrogen (secondary N) is 1. The summed E-state index contributed by atoms with van der Waals surface area (Å²) in [5.74, 6) is 0. The van der Waals surface area contributed by atoms with Gasteiger partial charge in [0.15, 0.2) is 0 Å². The number of aliphatic hydroxyl groups excluding tert-OH is 5. The molecule has 1 rings (SSSR count). The number of rotatable bonds is 9. The van der Waals surface area contributed by atoms with Crippen molar-refractivity contribution in [2.45, 2.75) is 30.6 Å². The number of nitrogens with two attached hydrogens (primary N) is 1. The van der Waals surface area contributed by atoms with Gasteiger partial charge in [0, 0.05) is 13.7 Å². The van der Waals surface area contributed by atoms with Crippen molar-refractivity contribution in [3.8, 4) is 0 Å². The minimum absolute atomic E-state index is 0.0657. The number of aliphatic hydroxyl groups is 5. The predicted octanol–water partition coefficient (Wildman–Crippen LogP) is -1.48. The van der Waals surface area contributed by atoms with Crippen molar-refractivity contribution in [1.29, 1.82) is 0 Å². The third-order valence-corrected chi connectivity index (χ3v) is 3.18. The first kappa shape index (κ1) is 24.2. The Hall–Kier alpha value is -0.820. The summed E-state index contributed by atoms with van der Waals surface area (Å²) in [7, 11) is 1.50. The topological polar surface area (TPSA) is 148 Å². The van der Waals surface area contributed by atoms with Crippen LogP contribution in [0.1, 0.15) is 11.8 Å². The molecule has 0 bridgehead atoms. The van der Waals surface area contributed by atoms with E-state index >= 15 is 0 Å². The minimum atomic E-state index is -1.63. The maximum atomic E-state index is 9.80. The van der Waals surface area contributed by atoms with E-state index in [2.05, 4.69) is 30.2 Å². The molecule has 0 aromatic heterocycles. The molecule has 10 heteroatoms. The zero-order valence-corrected chi connectivity index (χ0v) is 15.5. The number of hydrogen-bond donors (Lipinski definition) is 8. The van der Waals surface area contributed by atoms with Gasteiger partial charge in [0.05, 0.1) is 12.7 Å². The van der Waals surface area contributed by atoms with Gasteiger partial charge >= 0.3 is 0 Å². The quantitative estimate of drug-likeness (QED) is 0.143. The van der Waals surface area contributed by atoms with Gasteiger partial charge < -0.3 is 36.0 Å². The molecule has 1 aromatic carbocycles. The molecule has 0 radical (unpaired) electrons. The lowest BCUT2D eigenvalue weighted by atomic mass is 10.0. The van der Waals surface area contributed by atoms with E-state index in [-0.39, 0.29) is 10.9 Å². The highest BCUT2D eigenvalue weighted by atomic mass is 32.1. The van der Waals surface area contributed by atoms with Gasteiger partial charge in [0.25, 0.3) is 0 Å². The number of thiocarbonyl (C=S) groups is 1. The molecule has 0 saturated heterocycles. The van der Waals surface area contributed by atoms with Gasteiger partial charge in [-0.15, -0.1) is 12.6 Å². The fraction of sp³-hybridized carbons (Fsp3) is 0.533. The summed E-state index contributed by atoms with van der Waals surface area (Å²) in [6, 6.07) is 9.23. The van der Waals surface area contributed by atoms with Gasteiger partial charge in [-0.25, -0.2) is 0 Å². The van der Waals surface area contributed by atoms with E-state index in [0.29, 0.717) is 0 Å². The molecule has 25 heavy (non-hydrogen) atoms. The van der Waals surface area contributed by atoms with Crippen molar-refractivity contribution in [2.75, 3.05) is 20.3 Å². The molecular weight excluding hydrogens is 368 g/mol. The molecule has 5 atom stereocenters. The first-order valence-corrected chi connectivity index (χ1v) is 8.22. The van der Waals surface area contributed by atoms with Crippen molar-refractivity contribution >= 4 is 29.2 Å². The Morgan fingerprint density at radius 2 is 1.64 bits per heavy atom. The summed E-state index contributed by atoms with van der Waals surface area (Å²) in [5, 5.41) is 49.8. The summed E-state index contributed by atoms with van der Waals surface area (Å²) in [5.41, 5.74) is 5.55. The average Bonchev–Trinajstić information content (AvgIpc) is 2.60. The highest BCUT2D eigenvalue weighted by Crippen LogP contribution is 2.13. The number of ether oxygens (including phenoxy) is 1. The monoisotopic (exact) mass is 394 g/mol. The third kappa shape index (κ3) is 10.0. The predicted molar refractivity (Wildman–Crippen MR) is 101 cm³/mol. The second-order valence-electron chi connectivity index (χ2n) is 5.07. The summed E-state index contributed by atoms with van der Waals surface area (Å²) in [6.45, 7) is -0.771. The Balaban J connectivity index is 0.00000129. The molecule has 0 amide bonds. The fourth-order valence-electron chi connectivity index (χ4n) is 1.88. The Bertz CT molecular complexity index is 478. The van der Waals surface area contributed by atoms with Crippen molar-refractivity contribution in [3.05, 3.63) is 35.9 Å². The van der Waals surface area contributed by atoms with Gasteiger partial charge in [-0.05, 0) is 5.56 Å². The Morgan fingerprint density at radius 1 is 1.16 bits per heavy atom. The minimum Gasteiger partial charge on any atom is -0.394 e. The maximum Gasteiger partial charge on any atom is 0.133 e. The van der Waals surface area contributed by atoms with E-state index in [4.69, 9.17) is 15.6 Å². The van der Waals surface area contributed by atoms with Crippen molar-refractivity contribution in [1.82, 2.24) is 5.32 Å². The molecule has 8 N–H and O–H groups in total. The summed E-state index contributed by atoms with van der Waals surface area (Å²) < 4.78 is 5.43. The lowest BCUT2D eigenvalue weighted by Crippen LogP contribution is -2.49. The zero-order chi connectivity index (χ0) is 19.4. The Labute approximate surface area is 157 Å². The van der Waals surface area contributed by atoms with Crippen molar-refractivity contribution < 1.29 is 30.3 Å².